The first-order valence-corrected chi connectivity index (χ1v) is 13.5. The molecule has 5 rings (SSSR count). The third kappa shape index (κ3) is 4.23. The van der Waals surface area contributed by atoms with Crippen LogP contribution in [0.5, 0.6) is 11.5 Å². The highest BCUT2D eigenvalue weighted by Gasteiger charge is 2.39. The van der Waals surface area contributed by atoms with E-state index in [9.17, 15) is 22.7 Å². The van der Waals surface area contributed by atoms with Crippen LogP contribution >= 0.6 is 11.6 Å². The van der Waals surface area contributed by atoms with Gasteiger partial charge in [-0.3, -0.25) is 9.69 Å². The van der Waals surface area contributed by atoms with E-state index in [1.807, 2.05) is 4.90 Å². The van der Waals surface area contributed by atoms with Crippen molar-refractivity contribution in [1.82, 2.24) is 19.1 Å². The Morgan fingerprint density at radius 3 is 2.69 bits per heavy atom. The number of carbonyl (C=O) groups is 1. The second-order valence-corrected chi connectivity index (χ2v) is 11.3. The van der Waals surface area contributed by atoms with Gasteiger partial charge in [-0.15, -0.1) is 0 Å². The summed E-state index contributed by atoms with van der Waals surface area (Å²) in [6.07, 6.45) is 2.72. The van der Waals surface area contributed by atoms with Crippen molar-refractivity contribution >= 4 is 27.5 Å². The van der Waals surface area contributed by atoms with Gasteiger partial charge in [-0.1, -0.05) is 24.2 Å². The van der Waals surface area contributed by atoms with E-state index >= 15 is 0 Å². The summed E-state index contributed by atoms with van der Waals surface area (Å²) in [4.78, 5) is 20.3. The van der Waals surface area contributed by atoms with Crippen LogP contribution in [0.25, 0.3) is 11.3 Å². The Hall–Kier alpha value is -2.73. The van der Waals surface area contributed by atoms with E-state index in [-0.39, 0.29) is 57.7 Å². The lowest BCUT2D eigenvalue weighted by Crippen LogP contribution is -2.55. The van der Waals surface area contributed by atoms with Crippen molar-refractivity contribution in [2.24, 2.45) is 0 Å². The molecule has 1 aromatic carbocycles. The van der Waals surface area contributed by atoms with Crippen molar-refractivity contribution in [1.29, 1.82) is 0 Å². The van der Waals surface area contributed by atoms with Gasteiger partial charge in [0.05, 0.1) is 11.6 Å². The van der Waals surface area contributed by atoms with Crippen molar-refractivity contribution < 1.29 is 27.4 Å². The third-order valence-electron chi connectivity index (χ3n) is 6.90. The molecule has 1 amide bonds. The van der Waals surface area contributed by atoms with Gasteiger partial charge in [0.15, 0.2) is 5.03 Å². The first kappa shape index (κ1) is 24.9. The van der Waals surface area contributed by atoms with Crippen LogP contribution in [0.1, 0.15) is 18.4 Å². The molecule has 36 heavy (non-hydrogen) atoms. The molecule has 192 valence electrons. The maximum absolute atomic E-state index is 14.8. The van der Waals surface area contributed by atoms with Gasteiger partial charge in [-0.25, -0.2) is 17.8 Å². The Kier molecular flexibility index (Phi) is 6.67. The molecular formula is C24H26ClFN4O5S. The lowest BCUT2D eigenvalue weighted by atomic mass is 10.1. The third-order valence-corrected chi connectivity index (χ3v) is 9.12. The Bertz CT molecular complexity index is 1310. The number of halogens is 2. The van der Waals surface area contributed by atoms with Crippen molar-refractivity contribution in [3.8, 4) is 22.8 Å². The quantitative estimate of drug-likeness (QED) is 0.599. The summed E-state index contributed by atoms with van der Waals surface area (Å²) in [6.45, 7) is 5.88. The van der Waals surface area contributed by atoms with Crippen molar-refractivity contribution in [3.05, 3.63) is 47.3 Å². The summed E-state index contributed by atoms with van der Waals surface area (Å²) >= 11 is 6.69. The highest BCUT2D eigenvalue weighted by molar-refractivity contribution is 7.89. The number of sulfonamides is 1. The lowest BCUT2D eigenvalue weighted by Gasteiger charge is -2.39. The molecule has 9 nitrogen and oxygen atoms in total. The van der Waals surface area contributed by atoms with Gasteiger partial charge >= 0.3 is 0 Å². The second kappa shape index (κ2) is 9.62. The zero-order valence-electron chi connectivity index (χ0n) is 19.5. The molecule has 0 radical (unpaired) electrons. The number of hydrogen-bond acceptors (Lipinski definition) is 7. The molecule has 1 aromatic heterocycles. The molecule has 0 bridgehead atoms. The normalized spacial score (nSPS) is 20.8. The summed E-state index contributed by atoms with van der Waals surface area (Å²) < 4.78 is 49.8. The number of ether oxygens (including phenoxy) is 1. The van der Waals surface area contributed by atoms with E-state index in [1.54, 1.807) is 4.90 Å². The molecule has 2 aromatic rings. The van der Waals surface area contributed by atoms with E-state index in [4.69, 9.17) is 16.3 Å². The van der Waals surface area contributed by atoms with E-state index in [0.29, 0.717) is 32.7 Å². The molecule has 4 heterocycles. The molecule has 1 atom stereocenters. The highest BCUT2D eigenvalue weighted by Crippen LogP contribution is 2.45. The monoisotopic (exact) mass is 536 g/mol. The SMILES string of the molecule is C=CC(=O)N1CCN2Cc3c(S(=O)(=O)N4CCCC4)nc(-c4c(O)cccc4F)c(Cl)c3OC[C@H]2C1. The molecule has 2 saturated heterocycles. The minimum atomic E-state index is -4.06. The van der Waals surface area contributed by atoms with Gasteiger partial charge in [0.2, 0.25) is 5.91 Å². The number of nitrogens with zero attached hydrogens (tertiary/aromatic N) is 4. The maximum Gasteiger partial charge on any atom is 0.261 e. The van der Waals surface area contributed by atoms with Gasteiger partial charge in [0.25, 0.3) is 10.0 Å². The number of phenols is 1. The van der Waals surface area contributed by atoms with Crippen LogP contribution < -0.4 is 4.74 Å². The fourth-order valence-corrected chi connectivity index (χ4v) is 6.96. The predicted octanol–water partition coefficient (Wildman–Crippen LogP) is 2.62. The van der Waals surface area contributed by atoms with Crippen LogP contribution in [-0.2, 0) is 21.4 Å². The number of fused-ring (bicyclic) bond motifs is 2. The standard InChI is InChI=1S/C24H26ClFN4O5S/c1-2-19(32)29-11-10-28-13-16-23(35-14-15(28)12-29)21(25)22(20-17(26)6-5-7-18(20)31)27-24(16)36(33,34)30-8-3-4-9-30/h2,5-7,15,31H,1,3-4,8-14H2/t15-/m1/s1. The number of hydrogen-bond donors (Lipinski definition) is 1. The van der Waals surface area contributed by atoms with Gasteiger partial charge in [0, 0.05) is 44.8 Å². The summed E-state index contributed by atoms with van der Waals surface area (Å²) in [5, 5.41) is 10.1. The molecule has 1 N–H and O–H groups in total. The van der Waals surface area contributed by atoms with Crippen LogP contribution in [0.4, 0.5) is 4.39 Å². The van der Waals surface area contributed by atoms with E-state index < -0.39 is 21.6 Å². The second-order valence-electron chi connectivity index (χ2n) is 9.06. The first-order chi connectivity index (χ1) is 17.2. The zero-order chi connectivity index (χ0) is 25.6. The number of carbonyl (C=O) groups excluding carboxylic acids is 1. The summed E-state index contributed by atoms with van der Waals surface area (Å²) in [7, 11) is -4.06. The average molecular weight is 537 g/mol. The lowest BCUT2D eigenvalue weighted by molar-refractivity contribution is -0.129. The van der Waals surface area contributed by atoms with E-state index in [1.165, 1.54) is 22.5 Å². The number of amides is 1. The number of phenolic OH excluding ortho intramolecular Hbond substituents is 1. The molecule has 3 aliphatic rings. The van der Waals surface area contributed by atoms with Crippen LogP contribution in [0.3, 0.4) is 0 Å². The number of aromatic hydroxyl groups is 1. The van der Waals surface area contributed by atoms with Crippen molar-refractivity contribution in [3.63, 3.8) is 0 Å². The number of rotatable bonds is 4. The van der Waals surface area contributed by atoms with Gasteiger partial charge in [-0.05, 0) is 31.1 Å². The van der Waals surface area contributed by atoms with Gasteiger partial charge in [0.1, 0.15) is 34.6 Å². The number of pyridine rings is 1. The van der Waals surface area contributed by atoms with Crippen LogP contribution in [-0.4, -0.2) is 83.9 Å². The first-order valence-electron chi connectivity index (χ1n) is 11.7. The summed E-state index contributed by atoms with van der Waals surface area (Å²) in [5.74, 6) is -1.30. The fraction of sp³-hybridized carbons (Fsp3) is 0.417. The van der Waals surface area contributed by atoms with Gasteiger partial charge < -0.3 is 14.7 Å². The largest absolute Gasteiger partial charge is 0.507 e. The molecule has 3 aliphatic heterocycles. The predicted molar refractivity (Wildman–Crippen MR) is 131 cm³/mol. The summed E-state index contributed by atoms with van der Waals surface area (Å²) in [5.41, 5.74) is -0.207. The topological polar surface area (TPSA) is 103 Å². The Morgan fingerprint density at radius 1 is 1.25 bits per heavy atom. The van der Waals surface area contributed by atoms with Crippen molar-refractivity contribution in [2.45, 2.75) is 30.5 Å². The molecular weight excluding hydrogens is 511 g/mol. The molecule has 0 unspecified atom stereocenters. The van der Waals surface area contributed by atoms with Crippen LogP contribution in [0, 0.1) is 5.82 Å². The van der Waals surface area contributed by atoms with Crippen LogP contribution in [0.2, 0.25) is 5.02 Å². The van der Waals surface area contributed by atoms with E-state index in [2.05, 4.69) is 11.6 Å². The Labute approximate surface area is 213 Å². The molecule has 0 aliphatic carbocycles. The van der Waals surface area contributed by atoms with Crippen LogP contribution in [0.15, 0.2) is 35.9 Å². The van der Waals surface area contributed by atoms with Gasteiger partial charge in [-0.2, -0.15) is 4.31 Å². The Balaban J connectivity index is 1.66. The molecule has 0 spiro atoms. The minimum absolute atomic E-state index is 0.0790. The number of benzene rings is 1. The van der Waals surface area contributed by atoms with Crippen molar-refractivity contribution in [2.75, 3.05) is 39.3 Å². The molecule has 0 saturated carbocycles. The Morgan fingerprint density at radius 2 is 2.00 bits per heavy atom. The minimum Gasteiger partial charge on any atom is -0.507 e. The summed E-state index contributed by atoms with van der Waals surface area (Å²) in [6, 6.07) is 3.53. The molecule has 2 fully saturated rings. The number of piperazine rings is 1. The van der Waals surface area contributed by atoms with E-state index in [0.717, 1.165) is 18.9 Å². The highest BCUT2D eigenvalue weighted by atomic mass is 35.5. The zero-order valence-corrected chi connectivity index (χ0v) is 21.1. The smallest absolute Gasteiger partial charge is 0.261 e. The average Bonchev–Trinajstić information content (AvgIpc) is 3.34. The number of aromatic nitrogens is 1. The molecule has 12 heteroatoms. The fourth-order valence-electron chi connectivity index (χ4n) is 4.99. The maximum atomic E-state index is 14.8.